The minimum atomic E-state index is -3.93. The second-order valence-corrected chi connectivity index (χ2v) is 9.38. The van der Waals surface area contributed by atoms with Gasteiger partial charge in [0.05, 0.1) is 17.7 Å². The van der Waals surface area contributed by atoms with Gasteiger partial charge in [0.1, 0.15) is 11.8 Å². The van der Waals surface area contributed by atoms with E-state index in [1.165, 1.54) is 13.2 Å². The summed E-state index contributed by atoms with van der Waals surface area (Å²) >= 11 is 0. The van der Waals surface area contributed by atoms with Crippen molar-refractivity contribution in [3.8, 4) is 5.75 Å². The molecule has 2 aromatic rings. The van der Waals surface area contributed by atoms with Crippen LogP contribution in [0.15, 0.2) is 47.4 Å². The number of nitrogens with zero attached hydrogens (tertiary/aromatic N) is 1. The van der Waals surface area contributed by atoms with Gasteiger partial charge in [-0.15, -0.1) is 0 Å². The Hall–Kier alpha value is -3.07. The van der Waals surface area contributed by atoms with Gasteiger partial charge in [0.15, 0.2) is 0 Å². The predicted molar refractivity (Wildman–Crippen MR) is 123 cm³/mol. The van der Waals surface area contributed by atoms with Crippen molar-refractivity contribution < 1.29 is 22.7 Å². The molecule has 3 rings (SSSR count). The Morgan fingerprint density at radius 3 is 2.62 bits per heavy atom. The summed E-state index contributed by atoms with van der Waals surface area (Å²) in [5.74, 6) is 0.0330. The van der Waals surface area contributed by atoms with Crippen molar-refractivity contribution >= 4 is 33.2 Å². The van der Waals surface area contributed by atoms with E-state index in [0.29, 0.717) is 42.1 Å². The van der Waals surface area contributed by atoms with Crippen LogP contribution >= 0.6 is 0 Å². The Kier molecular flexibility index (Phi) is 7.40. The molecule has 1 aliphatic rings. The fraction of sp³-hybridized carbons (Fsp3) is 0.391. The van der Waals surface area contributed by atoms with Crippen LogP contribution in [0.5, 0.6) is 5.75 Å². The molecule has 2 amide bonds. The first-order valence-electron chi connectivity index (χ1n) is 10.6. The first-order valence-corrected chi connectivity index (χ1v) is 12.1. The number of piperidine rings is 1. The number of ether oxygens (including phenoxy) is 1. The highest BCUT2D eigenvalue weighted by molar-refractivity contribution is 7.92. The zero-order valence-electron chi connectivity index (χ0n) is 18.6. The maximum Gasteiger partial charge on any atom is 0.262 e. The van der Waals surface area contributed by atoms with Crippen molar-refractivity contribution in [2.24, 2.45) is 0 Å². The molecule has 0 aliphatic carbocycles. The molecular formula is C23H29N3O5S. The number of carbonyl (C=O) groups is 2. The Bertz CT molecular complexity index is 1100. The summed E-state index contributed by atoms with van der Waals surface area (Å²) in [7, 11) is -2.47. The highest BCUT2D eigenvalue weighted by atomic mass is 32.2. The average molecular weight is 460 g/mol. The predicted octanol–water partition coefficient (Wildman–Crippen LogP) is 3.53. The number of methoxy groups -OCH3 is 1. The van der Waals surface area contributed by atoms with E-state index < -0.39 is 16.1 Å². The fourth-order valence-corrected chi connectivity index (χ4v) is 5.17. The van der Waals surface area contributed by atoms with E-state index in [4.69, 9.17) is 4.74 Å². The van der Waals surface area contributed by atoms with E-state index in [-0.39, 0.29) is 16.7 Å². The van der Waals surface area contributed by atoms with Gasteiger partial charge in [-0.2, -0.15) is 0 Å². The second-order valence-electron chi connectivity index (χ2n) is 7.73. The maximum absolute atomic E-state index is 13.1. The monoisotopic (exact) mass is 459 g/mol. The van der Waals surface area contributed by atoms with Gasteiger partial charge in [-0.25, -0.2) is 8.42 Å². The normalized spacial score (nSPS) is 16.3. The van der Waals surface area contributed by atoms with Crippen molar-refractivity contribution in [2.75, 3.05) is 23.7 Å². The van der Waals surface area contributed by atoms with Crippen LogP contribution < -0.4 is 14.8 Å². The third-order valence-electron chi connectivity index (χ3n) is 5.52. The third-order valence-corrected chi connectivity index (χ3v) is 7.03. The SMILES string of the molecule is CCC(=O)N1CCCCC1C(=O)Nc1ccc(C)c(S(=O)(=O)Nc2ccccc2OC)c1. The number of rotatable bonds is 7. The van der Waals surface area contributed by atoms with Crippen LogP contribution in [0.1, 0.15) is 38.2 Å². The maximum atomic E-state index is 13.1. The lowest BCUT2D eigenvalue weighted by Gasteiger charge is -2.34. The topological polar surface area (TPSA) is 105 Å². The van der Waals surface area contributed by atoms with Crippen LogP contribution in [0.25, 0.3) is 0 Å². The molecule has 2 aromatic carbocycles. The zero-order valence-corrected chi connectivity index (χ0v) is 19.4. The number of hydrogen-bond acceptors (Lipinski definition) is 5. The molecule has 1 fully saturated rings. The highest BCUT2D eigenvalue weighted by Gasteiger charge is 2.31. The molecule has 0 bridgehead atoms. The number of aryl methyl sites for hydroxylation is 1. The summed E-state index contributed by atoms with van der Waals surface area (Å²) in [5, 5.41) is 2.80. The van der Waals surface area contributed by atoms with Gasteiger partial charge in [-0.1, -0.05) is 25.1 Å². The number of likely N-dealkylation sites (tertiary alicyclic amines) is 1. The van der Waals surface area contributed by atoms with Crippen molar-refractivity contribution in [3.63, 3.8) is 0 Å². The number of hydrogen-bond donors (Lipinski definition) is 2. The van der Waals surface area contributed by atoms with Crippen molar-refractivity contribution in [2.45, 2.75) is 50.5 Å². The van der Waals surface area contributed by atoms with Gasteiger partial charge in [0, 0.05) is 18.7 Å². The van der Waals surface area contributed by atoms with Crippen molar-refractivity contribution in [1.29, 1.82) is 0 Å². The standard InChI is InChI=1S/C23H29N3O5S/c1-4-22(27)26-14-8-7-10-19(26)23(28)24-17-13-12-16(2)21(15-17)32(29,30)25-18-9-5-6-11-20(18)31-3/h5-6,9,11-13,15,19,25H,4,7-8,10,14H2,1-3H3,(H,24,28). The lowest BCUT2D eigenvalue weighted by atomic mass is 10.0. The molecule has 9 heteroatoms. The van der Waals surface area contributed by atoms with Gasteiger partial charge in [-0.05, 0) is 56.0 Å². The molecule has 1 aliphatic heterocycles. The van der Waals surface area contributed by atoms with Crippen molar-refractivity contribution in [1.82, 2.24) is 4.90 Å². The van der Waals surface area contributed by atoms with Gasteiger partial charge in [0.2, 0.25) is 11.8 Å². The molecule has 1 unspecified atom stereocenters. The van der Waals surface area contributed by atoms with E-state index in [2.05, 4.69) is 10.0 Å². The molecular weight excluding hydrogens is 430 g/mol. The Balaban J connectivity index is 1.83. The molecule has 1 saturated heterocycles. The molecule has 0 saturated carbocycles. The van der Waals surface area contributed by atoms with E-state index in [9.17, 15) is 18.0 Å². The van der Waals surface area contributed by atoms with E-state index >= 15 is 0 Å². The number of carbonyl (C=O) groups excluding carboxylic acids is 2. The zero-order chi connectivity index (χ0) is 23.3. The molecule has 2 N–H and O–H groups in total. The molecule has 0 radical (unpaired) electrons. The molecule has 0 aromatic heterocycles. The summed E-state index contributed by atoms with van der Waals surface area (Å²) in [6.07, 6.45) is 2.66. The number of benzene rings is 2. The summed E-state index contributed by atoms with van der Waals surface area (Å²) in [6.45, 7) is 4.02. The summed E-state index contributed by atoms with van der Waals surface area (Å²) in [5.41, 5.74) is 1.21. The minimum Gasteiger partial charge on any atom is -0.495 e. The molecule has 32 heavy (non-hydrogen) atoms. The van der Waals surface area contributed by atoms with Crippen LogP contribution in [0, 0.1) is 6.92 Å². The Morgan fingerprint density at radius 2 is 1.91 bits per heavy atom. The van der Waals surface area contributed by atoms with Crippen LogP contribution in [0.3, 0.4) is 0 Å². The van der Waals surface area contributed by atoms with Gasteiger partial charge < -0.3 is 15.0 Å². The Morgan fingerprint density at radius 1 is 1.16 bits per heavy atom. The lowest BCUT2D eigenvalue weighted by Crippen LogP contribution is -2.49. The molecule has 0 spiro atoms. The highest BCUT2D eigenvalue weighted by Crippen LogP contribution is 2.28. The quantitative estimate of drug-likeness (QED) is 0.659. The largest absolute Gasteiger partial charge is 0.495 e. The average Bonchev–Trinajstić information content (AvgIpc) is 2.79. The van der Waals surface area contributed by atoms with E-state index in [1.54, 1.807) is 55.1 Å². The summed E-state index contributed by atoms with van der Waals surface area (Å²) in [6, 6.07) is 10.9. The summed E-state index contributed by atoms with van der Waals surface area (Å²) < 4.78 is 33.9. The number of anilines is 2. The van der Waals surface area contributed by atoms with Gasteiger partial charge in [0.25, 0.3) is 10.0 Å². The number of para-hydroxylation sites is 2. The number of sulfonamides is 1. The minimum absolute atomic E-state index is 0.0475. The number of amides is 2. The molecule has 1 heterocycles. The van der Waals surface area contributed by atoms with Crippen LogP contribution in [0.4, 0.5) is 11.4 Å². The Labute approximate surface area is 189 Å². The molecule has 172 valence electrons. The summed E-state index contributed by atoms with van der Waals surface area (Å²) in [4.78, 5) is 26.8. The van der Waals surface area contributed by atoms with Crippen molar-refractivity contribution in [3.05, 3.63) is 48.0 Å². The second kappa shape index (κ2) is 10.0. The van der Waals surface area contributed by atoms with E-state index in [0.717, 1.165) is 12.8 Å². The third kappa shape index (κ3) is 5.21. The van der Waals surface area contributed by atoms with Crippen LogP contribution in [0.2, 0.25) is 0 Å². The van der Waals surface area contributed by atoms with Crippen LogP contribution in [-0.2, 0) is 19.6 Å². The first-order chi connectivity index (χ1) is 15.3. The first kappa shape index (κ1) is 23.6. The molecule has 1 atom stereocenters. The van der Waals surface area contributed by atoms with Gasteiger partial charge >= 0.3 is 0 Å². The van der Waals surface area contributed by atoms with E-state index in [1.807, 2.05) is 0 Å². The van der Waals surface area contributed by atoms with Crippen LogP contribution in [-0.4, -0.2) is 44.8 Å². The smallest absolute Gasteiger partial charge is 0.262 e. The lowest BCUT2D eigenvalue weighted by molar-refractivity contribution is -0.140. The number of nitrogens with one attached hydrogen (secondary N) is 2. The molecule has 8 nitrogen and oxygen atoms in total. The van der Waals surface area contributed by atoms with Gasteiger partial charge in [-0.3, -0.25) is 14.3 Å². The fourth-order valence-electron chi connectivity index (χ4n) is 3.83.